The molecule has 0 spiro atoms. The summed E-state index contributed by atoms with van der Waals surface area (Å²) in [5.74, 6) is 0.847. The Hall–Kier alpha value is -1.06. The van der Waals surface area contributed by atoms with Crippen LogP contribution >= 0.6 is 0 Å². The summed E-state index contributed by atoms with van der Waals surface area (Å²) >= 11 is 0. The molecule has 0 radical (unpaired) electrons. The maximum atomic E-state index is 6.00. The molecule has 0 unspecified atom stereocenters. The van der Waals surface area contributed by atoms with Gasteiger partial charge in [0.2, 0.25) is 0 Å². The zero-order valence-corrected chi connectivity index (χ0v) is 13.6. The minimum Gasteiger partial charge on any atom is -0.494 e. The van der Waals surface area contributed by atoms with Crippen LogP contribution in [-0.2, 0) is 9.47 Å². The van der Waals surface area contributed by atoms with Gasteiger partial charge in [0.25, 0.3) is 0 Å². The van der Waals surface area contributed by atoms with Crippen LogP contribution in [0.15, 0.2) is 24.3 Å². The third kappa shape index (κ3) is 4.72. The molecule has 3 nitrogen and oxygen atoms in total. The van der Waals surface area contributed by atoms with E-state index < -0.39 is 5.79 Å². The van der Waals surface area contributed by atoms with E-state index >= 15 is 0 Å². The Labute approximate surface area is 128 Å². The molecule has 0 aliphatic carbocycles. The van der Waals surface area contributed by atoms with Gasteiger partial charge in [-0.15, -0.1) is 0 Å². The number of hydrogen-bond donors (Lipinski definition) is 0. The van der Waals surface area contributed by atoms with Crippen LogP contribution in [-0.4, -0.2) is 25.6 Å². The fraction of sp³-hybridized carbons (Fsp3) is 0.667. The van der Waals surface area contributed by atoms with E-state index in [1.54, 1.807) is 0 Å². The highest BCUT2D eigenvalue weighted by molar-refractivity contribution is 5.29. The predicted molar refractivity (Wildman–Crippen MR) is 84.8 cm³/mol. The third-order valence-electron chi connectivity index (χ3n) is 4.08. The van der Waals surface area contributed by atoms with E-state index in [4.69, 9.17) is 14.2 Å². The van der Waals surface area contributed by atoms with E-state index in [1.165, 1.54) is 24.8 Å². The SMILES string of the molecule is CCCCC[C@]1(C)OC[C@@H](c2ccc(OCC)cc2)CO1. The summed E-state index contributed by atoms with van der Waals surface area (Å²) < 4.78 is 17.5. The van der Waals surface area contributed by atoms with Crippen LogP contribution in [0.1, 0.15) is 57.9 Å². The van der Waals surface area contributed by atoms with E-state index in [2.05, 4.69) is 26.0 Å². The molecular weight excluding hydrogens is 264 g/mol. The highest BCUT2D eigenvalue weighted by atomic mass is 16.7. The summed E-state index contributed by atoms with van der Waals surface area (Å²) in [5.41, 5.74) is 1.26. The van der Waals surface area contributed by atoms with Gasteiger partial charge in [0.1, 0.15) is 5.75 Å². The molecule has 1 heterocycles. The van der Waals surface area contributed by atoms with E-state index in [1.807, 2.05) is 19.1 Å². The fourth-order valence-corrected chi connectivity index (χ4v) is 2.68. The summed E-state index contributed by atoms with van der Waals surface area (Å²) in [7, 11) is 0. The van der Waals surface area contributed by atoms with E-state index in [-0.39, 0.29) is 0 Å². The van der Waals surface area contributed by atoms with Crippen molar-refractivity contribution < 1.29 is 14.2 Å². The smallest absolute Gasteiger partial charge is 0.165 e. The maximum Gasteiger partial charge on any atom is 0.165 e. The van der Waals surface area contributed by atoms with Crippen molar-refractivity contribution >= 4 is 0 Å². The lowest BCUT2D eigenvalue weighted by atomic mass is 9.98. The zero-order valence-electron chi connectivity index (χ0n) is 13.6. The highest BCUT2D eigenvalue weighted by Crippen LogP contribution is 2.31. The average molecular weight is 292 g/mol. The van der Waals surface area contributed by atoms with Crippen molar-refractivity contribution in [2.24, 2.45) is 0 Å². The van der Waals surface area contributed by atoms with Crippen LogP contribution in [0.4, 0.5) is 0 Å². The van der Waals surface area contributed by atoms with Crippen molar-refractivity contribution in [3.05, 3.63) is 29.8 Å². The van der Waals surface area contributed by atoms with Crippen LogP contribution in [0.3, 0.4) is 0 Å². The van der Waals surface area contributed by atoms with Crippen LogP contribution in [0.5, 0.6) is 5.75 Å². The second-order valence-electron chi connectivity index (χ2n) is 5.91. The van der Waals surface area contributed by atoms with Crippen molar-refractivity contribution in [3.8, 4) is 5.75 Å². The number of unbranched alkanes of at least 4 members (excludes halogenated alkanes) is 2. The molecule has 1 aromatic carbocycles. The van der Waals surface area contributed by atoms with Crippen LogP contribution in [0.2, 0.25) is 0 Å². The van der Waals surface area contributed by atoms with Gasteiger partial charge in [0.05, 0.1) is 19.8 Å². The summed E-state index contributed by atoms with van der Waals surface area (Å²) in [4.78, 5) is 0. The Morgan fingerprint density at radius 3 is 2.33 bits per heavy atom. The van der Waals surface area contributed by atoms with Crippen LogP contribution < -0.4 is 4.74 Å². The molecule has 1 fully saturated rings. The average Bonchev–Trinajstić information content (AvgIpc) is 2.50. The molecule has 1 aliphatic heterocycles. The van der Waals surface area contributed by atoms with Gasteiger partial charge in [-0.1, -0.05) is 31.9 Å². The summed E-state index contributed by atoms with van der Waals surface area (Å²) in [6, 6.07) is 8.27. The number of hydrogen-bond acceptors (Lipinski definition) is 3. The van der Waals surface area contributed by atoms with Crippen molar-refractivity contribution in [3.63, 3.8) is 0 Å². The lowest BCUT2D eigenvalue weighted by Gasteiger charge is -2.38. The first-order valence-electron chi connectivity index (χ1n) is 8.17. The van der Waals surface area contributed by atoms with Crippen molar-refractivity contribution in [1.82, 2.24) is 0 Å². The minimum atomic E-state index is -0.392. The Kier molecular flexibility index (Phi) is 6.07. The number of benzene rings is 1. The molecule has 0 atom stereocenters. The lowest BCUT2D eigenvalue weighted by Crippen LogP contribution is -2.40. The van der Waals surface area contributed by atoms with Crippen molar-refractivity contribution in [2.75, 3.05) is 19.8 Å². The van der Waals surface area contributed by atoms with Crippen LogP contribution in [0.25, 0.3) is 0 Å². The van der Waals surface area contributed by atoms with E-state index in [0.717, 1.165) is 25.4 Å². The molecule has 2 rings (SSSR count). The molecule has 118 valence electrons. The molecule has 0 aromatic heterocycles. The quantitative estimate of drug-likeness (QED) is 0.692. The Morgan fingerprint density at radius 2 is 1.76 bits per heavy atom. The first-order valence-corrected chi connectivity index (χ1v) is 8.17. The summed E-state index contributed by atoms with van der Waals surface area (Å²) in [6.45, 7) is 8.44. The molecule has 3 heteroatoms. The molecule has 1 aliphatic rings. The van der Waals surface area contributed by atoms with E-state index in [0.29, 0.717) is 12.5 Å². The van der Waals surface area contributed by atoms with Gasteiger partial charge in [-0.3, -0.25) is 0 Å². The fourth-order valence-electron chi connectivity index (χ4n) is 2.68. The van der Waals surface area contributed by atoms with Gasteiger partial charge in [0, 0.05) is 12.3 Å². The molecule has 0 amide bonds. The van der Waals surface area contributed by atoms with Gasteiger partial charge < -0.3 is 14.2 Å². The van der Waals surface area contributed by atoms with Crippen molar-refractivity contribution in [2.45, 2.75) is 58.2 Å². The van der Waals surface area contributed by atoms with Gasteiger partial charge in [-0.25, -0.2) is 0 Å². The second-order valence-corrected chi connectivity index (χ2v) is 5.91. The molecule has 21 heavy (non-hydrogen) atoms. The lowest BCUT2D eigenvalue weighted by molar-refractivity contribution is -0.266. The number of rotatable bonds is 7. The Morgan fingerprint density at radius 1 is 1.10 bits per heavy atom. The Bertz CT molecular complexity index is 405. The number of ether oxygens (including phenoxy) is 3. The van der Waals surface area contributed by atoms with Crippen LogP contribution in [0, 0.1) is 0 Å². The molecule has 0 N–H and O–H groups in total. The molecule has 1 aromatic rings. The molecule has 0 saturated carbocycles. The monoisotopic (exact) mass is 292 g/mol. The van der Waals surface area contributed by atoms with Crippen molar-refractivity contribution in [1.29, 1.82) is 0 Å². The predicted octanol–water partition coefficient (Wildman–Crippen LogP) is 4.51. The first kappa shape index (κ1) is 16.3. The molecule has 0 bridgehead atoms. The largest absolute Gasteiger partial charge is 0.494 e. The van der Waals surface area contributed by atoms with E-state index in [9.17, 15) is 0 Å². The second kappa shape index (κ2) is 7.81. The topological polar surface area (TPSA) is 27.7 Å². The molecule has 1 saturated heterocycles. The Balaban J connectivity index is 1.85. The standard InChI is InChI=1S/C18H28O3/c1-4-6-7-12-18(3)20-13-16(14-21-18)15-8-10-17(11-9-15)19-5-2/h8-11,16H,4-7,12-14H2,1-3H3/t16-,18-. The highest BCUT2D eigenvalue weighted by Gasteiger charge is 2.32. The maximum absolute atomic E-state index is 6.00. The zero-order chi connectivity index (χ0) is 15.1. The van der Waals surface area contributed by atoms with Gasteiger partial charge >= 0.3 is 0 Å². The summed E-state index contributed by atoms with van der Waals surface area (Å²) in [6.07, 6.45) is 4.62. The van der Waals surface area contributed by atoms with Gasteiger partial charge in [0.15, 0.2) is 5.79 Å². The third-order valence-corrected chi connectivity index (χ3v) is 4.08. The normalized spacial score (nSPS) is 25.8. The minimum absolute atomic E-state index is 0.319. The summed E-state index contributed by atoms with van der Waals surface area (Å²) in [5, 5.41) is 0. The van der Waals surface area contributed by atoms with Gasteiger partial charge in [-0.2, -0.15) is 0 Å². The molecular formula is C18H28O3. The van der Waals surface area contributed by atoms with Gasteiger partial charge in [-0.05, 0) is 38.0 Å². The first-order chi connectivity index (χ1) is 10.2.